The number of phenolic OH excluding ortho intramolecular Hbond substituents is 1. The van der Waals surface area contributed by atoms with E-state index in [1.54, 1.807) is 17.4 Å². The van der Waals surface area contributed by atoms with Crippen LogP contribution in [0.3, 0.4) is 0 Å². The number of thiazole rings is 1. The average Bonchev–Trinajstić information content (AvgIpc) is 3.17. The highest BCUT2D eigenvalue weighted by molar-refractivity contribution is 7.21. The molecule has 30 heavy (non-hydrogen) atoms. The molecule has 0 spiro atoms. The molecule has 0 aliphatic carbocycles. The maximum absolute atomic E-state index is 10.3. The second-order valence-electron chi connectivity index (χ2n) is 7.65. The Morgan fingerprint density at radius 1 is 0.667 bits per heavy atom. The van der Waals surface area contributed by atoms with Crippen LogP contribution < -0.4 is 0 Å². The van der Waals surface area contributed by atoms with Crippen LogP contribution in [0.25, 0.3) is 43.0 Å². The van der Waals surface area contributed by atoms with Gasteiger partial charge in [0.15, 0.2) is 0 Å². The van der Waals surface area contributed by atoms with Gasteiger partial charge in [0, 0.05) is 5.56 Å². The SMILES string of the molecule is Cc1cc(C)cc(-c2cc(-c3ccccc3)c3nc(-c4ccccc4O)sc3c2)c1. The molecule has 3 heteroatoms. The monoisotopic (exact) mass is 407 g/mol. The van der Waals surface area contributed by atoms with Gasteiger partial charge in [-0.3, -0.25) is 0 Å². The van der Waals surface area contributed by atoms with Crippen LogP contribution in [0.5, 0.6) is 5.75 Å². The van der Waals surface area contributed by atoms with Crippen molar-refractivity contribution in [2.45, 2.75) is 13.8 Å². The number of hydrogen-bond donors (Lipinski definition) is 1. The summed E-state index contributed by atoms with van der Waals surface area (Å²) in [6, 6.07) is 28.9. The Morgan fingerprint density at radius 3 is 2.07 bits per heavy atom. The van der Waals surface area contributed by atoms with Gasteiger partial charge in [0.05, 0.1) is 15.8 Å². The summed E-state index contributed by atoms with van der Waals surface area (Å²) in [5.41, 5.74) is 8.90. The second kappa shape index (κ2) is 7.43. The third-order valence-corrected chi connectivity index (χ3v) is 6.30. The largest absolute Gasteiger partial charge is 0.507 e. The quantitative estimate of drug-likeness (QED) is 0.334. The van der Waals surface area contributed by atoms with Gasteiger partial charge >= 0.3 is 0 Å². The second-order valence-corrected chi connectivity index (χ2v) is 8.68. The van der Waals surface area contributed by atoms with Gasteiger partial charge in [0.1, 0.15) is 10.8 Å². The fraction of sp³-hybridized carbons (Fsp3) is 0.0741. The lowest BCUT2D eigenvalue weighted by Gasteiger charge is -2.09. The predicted octanol–water partition coefficient (Wildman–Crippen LogP) is 7.62. The molecule has 5 rings (SSSR count). The maximum atomic E-state index is 10.3. The van der Waals surface area contributed by atoms with Crippen molar-refractivity contribution in [2.24, 2.45) is 0 Å². The van der Waals surface area contributed by atoms with Gasteiger partial charge in [-0.1, -0.05) is 71.8 Å². The van der Waals surface area contributed by atoms with E-state index < -0.39 is 0 Å². The van der Waals surface area contributed by atoms with E-state index in [2.05, 4.69) is 68.4 Å². The molecule has 0 radical (unpaired) electrons. The van der Waals surface area contributed by atoms with Crippen molar-refractivity contribution in [3.05, 3.63) is 96.1 Å². The van der Waals surface area contributed by atoms with E-state index in [9.17, 15) is 5.11 Å². The van der Waals surface area contributed by atoms with Crippen molar-refractivity contribution in [1.82, 2.24) is 4.98 Å². The van der Waals surface area contributed by atoms with Gasteiger partial charge in [-0.25, -0.2) is 4.98 Å². The molecule has 0 saturated carbocycles. The number of aromatic hydroxyl groups is 1. The zero-order valence-corrected chi connectivity index (χ0v) is 17.7. The van der Waals surface area contributed by atoms with Crippen LogP contribution >= 0.6 is 11.3 Å². The van der Waals surface area contributed by atoms with Crippen molar-refractivity contribution in [2.75, 3.05) is 0 Å². The third kappa shape index (κ3) is 3.38. The van der Waals surface area contributed by atoms with Gasteiger partial charge in [0.25, 0.3) is 0 Å². The number of rotatable bonds is 3. The van der Waals surface area contributed by atoms with Crippen LogP contribution in [-0.2, 0) is 0 Å². The zero-order valence-electron chi connectivity index (χ0n) is 16.9. The first-order chi connectivity index (χ1) is 14.6. The molecule has 0 aliphatic heterocycles. The third-order valence-electron chi connectivity index (χ3n) is 5.27. The van der Waals surface area contributed by atoms with Gasteiger partial charge in [-0.2, -0.15) is 0 Å². The fourth-order valence-corrected chi connectivity index (χ4v) is 5.01. The zero-order chi connectivity index (χ0) is 20.7. The van der Waals surface area contributed by atoms with Crippen LogP contribution in [0.2, 0.25) is 0 Å². The molecule has 0 bridgehead atoms. The molecule has 0 amide bonds. The Hall–Kier alpha value is -3.43. The summed E-state index contributed by atoms with van der Waals surface area (Å²) >= 11 is 1.62. The van der Waals surface area contributed by atoms with Crippen LogP contribution in [0.1, 0.15) is 11.1 Å². The summed E-state index contributed by atoms with van der Waals surface area (Å²) in [5.74, 6) is 0.257. The number of fused-ring (bicyclic) bond motifs is 1. The number of aromatic nitrogens is 1. The van der Waals surface area contributed by atoms with E-state index in [1.807, 2.05) is 24.3 Å². The van der Waals surface area contributed by atoms with Crippen molar-refractivity contribution < 1.29 is 5.11 Å². The molecular weight excluding hydrogens is 386 g/mol. The number of hydrogen-bond acceptors (Lipinski definition) is 3. The molecule has 1 heterocycles. The van der Waals surface area contributed by atoms with Crippen molar-refractivity contribution in [3.63, 3.8) is 0 Å². The molecule has 1 N–H and O–H groups in total. The highest BCUT2D eigenvalue weighted by Crippen LogP contribution is 2.41. The Balaban J connectivity index is 1.79. The Morgan fingerprint density at radius 2 is 1.33 bits per heavy atom. The molecule has 5 aromatic rings. The Labute approximate surface area is 180 Å². The Kier molecular flexibility index (Phi) is 4.61. The van der Waals surface area contributed by atoms with Gasteiger partial charge < -0.3 is 5.11 Å². The van der Waals surface area contributed by atoms with E-state index in [0.717, 1.165) is 31.9 Å². The van der Waals surface area contributed by atoms with Crippen LogP contribution in [-0.4, -0.2) is 10.1 Å². The smallest absolute Gasteiger partial charge is 0.128 e. The van der Waals surface area contributed by atoms with Gasteiger partial charge in [-0.05, 0) is 54.8 Å². The van der Waals surface area contributed by atoms with E-state index in [1.165, 1.54) is 22.3 Å². The number of para-hydroxylation sites is 1. The standard InChI is InChI=1S/C27H21NOS/c1-17-12-18(2)14-20(13-17)21-15-23(19-8-4-3-5-9-19)26-25(16-21)30-27(28-26)22-10-6-7-11-24(22)29/h3-16,29H,1-2H3. The van der Waals surface area contributed by atoms with Crippen molar-refractivity contribution in [3.8, 4) is 38.6 Å². The normalized spacial score (nSPS) is 11.1. The van der Waals surface area contributed by atoms with Gasteiger partial charge in [-0.15, -0.1) is 11.3 Å². The maximum Gasteiger partial charge on any atom is 0.128 e. The first-order valence-corrected chi connectivity index (χ1v) is 10.8. The molecule has 0 unspecified atom stereocenters. The average molecular weight is 408 g/mol. The van der Waals surface area contributed by atoms with Crippen LogP contribution in [0, 0.1) is 13.8 Å². The number of benzene rings is 4. The summed E-state index contributed by atoms with van der Waals surface area (Å²) in [5, 5.41) is 11.2. The molecule has 2 nitrogen and oxygen atoms in total. The topological polar surface area (TPSA) is 33.1 Å². The van der Waals surface area contributed by atoms with Gasteiger partial charge in [0.2, 0.25) is 0 Å². The number of phenols is 1. The van der Waals surface area contributed by atoms with E-state index >= 15 is 0 Å². The van der Waals surface area contributed by atoms with E-state index in [0.29, 0.717) is 0 Å². The number of aryl methyl sites for hydroxylation is 2. The summed E-state index contributed by atoms with van der Waals surface area (Å²) in [4.78, 5) is 4.95. The van der Waals surface area contributed by atoms with Crippen LogP contribution in [0.15, 0.2) is 84.9 Å². The first-order valence-electron chi connectivity index (χ1n) is 9.95. The number of nitrogens with zero attached hydrogens (tertiary/aromatic N) is 1. The highest BCUT2D eigenvalue weighted by Gasteiger charge is 2.15. The molecule has 0 aliphatic rings. The molecular formula is C27H21NOS. The molecule has 146 valence electrons. The summed E-state index contributed by atoms with van der Waals surface area (Å²) in [6.07, 6.45) is 0. The summed E-state index contributed by atoms with van der Waals surface area (Å²) in [6.45, 7) is 4.27. The lowest BCUT2D eigenvalue weighted by Crippen LogP contribution is -1.86. The minimum Gasteiger partial charge on any atom is -0.507 e. The molecule has 0 fully saturated rings. The minimum absolute atomic E-state index is 0.257. The lowest BCUT2D eigenvalue weighted by atomic mass is 9.96. The minimum atomic E-state index is 0.257. The summed E-state index contributed by atoms with van der Waals surface area (Å²) < 4.78 is 1.11. The van der Waals surface area contributed by atoms with E-state index in [-0.39, 0.29) is 5.75 Å². The lowest BCUT2D eigenvalue weighted by molar-refractivity contribution is 0.477. The summed E-state index contributed by atoms with van der Waals surface area (Å²) in [7, 11) is 0. The molecule has 0 atom stereocenters. The first kappa shape index (κ1) is 18.6. The predicted molar refractivity (Wildman–Crippen MR) is 127 cm³/mol. The molecule has 4 aromatic carbocycles. The highest BCUT2D eigenvalue weighted by atomic mass is 32.1. The fourth-order valence-electron chi connectivity index (χ4n) is 3.94. The van der Waals surface area contributed by atoms with Crippen molar-refractivity contribution >= 4 is 21.6 Å². The van der Waals surface area contributed by atoms with Crippen molar-refractivity contribution in [1.29, 1.82) is 0 Å². The van der Waals surface area contributed by atoms with Crippen LogP contribution in [0.4, 0.5) is 0 Å². The molecule has 0 saturated heterocycles. The Bertz CT molecular complexity index is 1350. The molecule has 1 aromatic heterocycles. The van der Waals surface area contributed by atoms with E-state index in [4.69, 9.17) is 4.98 Å².